The van der Waals surface area contributed by atoms with Crippen molar-refractivity contribution in [3.63, 3.8) is 0 Å². The summed E-state index contributed by atoms with van der Waals surface area (Å²) in [5.74, 6) is -0.478. The zero-order valence-electron chi connectivity index (χ0n) is 13.9. The number of hydrogen-bond acceptors (Lipinski definition) is 4. The largest absolute Gasteiger partial charge is 0.461 e. The maximum absolute atomic E-state index is 12.0. The van der Waals surface area contributed by atoms with Gasteiger partial charge < -0.3 is 14.8 Å². The highest BCUT2D eigenvalue weighted by Gasteiger charge is 2.23. The molecule has 0 fully saturated rings. The van der Waals surface area contributed by atoms with Crippen LogP contribution in [0.25, 0.3) is 0 Å². The van der Waals surface area contributed by atoms with E-state index in [2.05, 4.69) is 5.32 Å². The van der Waals surface area contributed by atoms with Gasteiger partial charge in [-0.1, -0.05) is 30.3 Å². The SMILES string of the molecule is CC(Cc1ccccc1)OC(=O)C(C)NC(=O)OC(C)(C)C. The van der Waals surface area contributed by atoms with Crippen molar-refractivity contribution in [3.8, 4) is 0 Å². The number of ether oxygens (including phenoxy) is 2. The van der Waals surface area contributed by atoms with E-state index in [-0.39, 0.29) is 6.10 Å². The first-order valence-electron chi connectivity index (χ1n) is 7.41. The van der Waals surface area contributed by atoms with Crippen molar-refractivity contribution in [3.05, 3.63) is 35.9 Å². The summed E-state index contributed by atoms with van der Waals surface area (Å²) in [6, 6.07) is 9.02. The Bertz CT molecular complexity index is 493. The highest BCUT2D eigenvalue weighted by atomic mass is 16.6. The van der Waals surface area contributed by atoms with E-state index in [0.29, 0.717) is 6.42 Å². The maximum Gasteiger partial charge on any atom is 0.408 e. The molecule has 1 amide bonds. The van der Waals surface area contributed by atoms with Gasteiger partial charge in [-0.3, -0.25) is 0 Å². The first kappa shape index (κ1) is 18.0. The molecule has 1 N–H and O–H groups in total. The smallest absolute Gasteiger partial charge is 0.408 e. The molecular weight excluding hydrogens is 282 g/mol. The molecule has 0 aliphatic heterocycles. The second-order valence-electron chi connectivity index (χ2n) is 6.31. The summed E-state index contributed by atoms with van der Waals surface area (Å²) >= 11 is 0. The molecule has 0 aliphatic rings. The van der Waals surface area contributed by atoms with Gasteiger partial charge >= 0.3 is 12.1 Å². The average Bonchev–Trinajstić information content (AvgIpc) is 2.37. The minimum absolute atomic E-state index is 0.266. The van der Waals surface area contributed by atoms with E-state index in [0.717, 1.165) is 5.56 Å². The van der Waals surface area contributed by atoms with Crippen molar-refractivity contribution in [1.82, 2.24) is 5.32 Å². The summed E-state index contributed by atoms with van der Waals surface area (Å²) in [5, 5.41) is 2.47. The lowest BCUT2D eigenvalue weighted by Gasteiger charge is -2.22. The summed E-state index contributed by atoms with van der Waals surface area (Å²) < 4.78 is 10.4. The van der Waals surface area contributed by atoms with Gasteiger partial charge in [-0.25, -0.2) is 9.59 Å². The molecule has 122 valence electrons. The van der Waals surface area contributed by atoms with Crippen LogP contribution in [0.5, 0.6) is 0 Å². The fourth-order valence-electron chi connectivity index (χ4n) is 1.83. The molecule has 1 aromatic carbocycles. The summed E-state index contributed by atoms with van der Waals surface area (Å²) in [6.45, 7) is 8.68. The van der Waals surface area contributed by atoms with Crippen molar-refractivity contribution in [1.29, 1.82) is 0 Å². The van der Waals surface area contributed by atoms with Crippen LogP contribution >= 0.6 is 0 Å². The number of carbonyl (C=O) groups excluding carboxylic acids is 2. The summed E-state index contributed by atoms with van der Waals surface area (Å²) in [7, 11) is 0. The van der Waals surface area contributed by atoms with Crippen molar-refractivity contribution in [2.75, 3.05) is 0 Å². The Morgan fingerprint density at radius 1 is 1.14 bits per heavy atom. The zero-order chi connectivity index (χ0) is 16.8. The van der Waals surface area contributed by atoms with Gasteiger partial charge in [-0.2, -0.15) is 0 Å². The fourth-order valence-corrected chi connectivity index (χ4v) is 1.83. The van der Waals surface area contributed by atoms with Gasteiger partial charge in [0.2, 0.25) is 0 Å². The minimum Gasteiger partial charge on any atom is -0.461 e. The van der Waals surface area contributed by atoms with E-state index in [1.807, 2.05) is 37.3 Å². The van der Waals surface area contributed by atoms with Crippen LogP contribution < -0.4 is 5.32 Å². The van der Waals surface area contributed by atoms with Crippen molar-refractivity contribution in [2.24, 2.45) is 0 Å². The van der Waals surface area contributed by atoms with Crippen molar-refractivity contribution >= 4 is 12.1 Å². The normalized spacial score (nSPS) is 13.9. The van der Waals surface area contributed by atoms with Crippen molar-refractivity contribution < 1.29 is 19.1 Å². The molecule has 0 radical (unpaired) electrons. The Balaban J connectivity index is 2.42. The Morgan fingerprint density at radius 2 is 1.73 bits per heavy atom. The third kappa shape index (κ3) is 7.11. The Hall–Kier alpha value is -2.04. The van der Waals surface area contributed by atoms with Crippen LogP contribution in [0.1, 0.15) is 40.2 Å². The summed E-state index contributed by atoms with van der Waals surface area (Å²) in [5.41, 5.74) is 0.490. The lowest BCUT2D eigenvalue weighted by Crippen LogP contribution is -2.43. The Kier molecular flexibility index (Phi) is 6.40. The monoisotopic (exact) mass is 307 g/mol. The number of nitrogens with one attached hydrogen (secondary N) is 1. The van der Waals surface area contributed by atoms with E-state index < -0.39 is 23.7 Å². The van der Waals surface area contributed by atoms with Crippen molar-refractivity contribution in [2.45, 2.75) is 58.8 Å². The number of hydrogen-bond donors (Lipinski definition) is 1. The number of carbonyl (C=O) groups is 2. The highest BCUT2D eigenvalue weighted by Crippen LogP contribution is 2.08. The molecule has 1 aromatic rings. The van der Waals surface area contributed by atoms with Gasteiger partial charge in [0.1, 0.15) is 17.7 Å². The predicted octanol–water partition coefficient (Wildman–Crippen LogP) is 3.07. The summed E-state index contributed by atoms with van der Waals surface area (Å²) in [4.78, 5) is 23.6. The van der Waals surface area contributed by atoms with E-state index in [4.69, 9.17) is 9.47 Å². The van der Waals surface area contributed by atoms with Gasteiger partial charge in [0.25, 0.3) is 0 Å². The van der Waals surface area contributed by atoms with Gasteiger partial charge in [0, 0.05) is 6.42 Å². The lowest BCUT2D eigenvalue weighted by atomic mass is 10.1. The predicted molar refractivity (Wildman–Crippen MR) is 84.5 cm³/mol. The standard InChI is InChI=1S/C17H25NO4/c1-12(11-14-9-7-6-8-10-14)21-15(19)13(2)18-16(20)22-17(3,4)5/h6-10,12-13H,11H2,1-5H3,(H,18,20). The van der Waals surface area contributed by atoms with Crippen LogP contribution in [0.15, 0.2) is 30.3 Å². The second kappa shape index (κ2) is 7.82. The topological polar surface area (TPSA) is 64.6 Å². The van der Waals surface area contributed by atoms with Gasteiger partial charge in [0.15, 0.2) is 0 Å². The molecule has 2 unspecified atom stereocenters. The molecular formula is C17H25NO4. The third-order valence-electron chi connectivity index (χ3n) is 2.77. The molecule has 0 aliphatic carbocycles. The lowest BCUT2D eigenvalue weighted by molar-refractivity contribution is -0.150. The van der Waals surface area contributed by atoms with Crippen LogP contribution in [-0.2, 0) is 20.7 Å². The summed E-state index contributed by atoms with van der Waals surface area (Å²) in [6.07, 6.45) is -0.267. The number of rotatable bonds is 5. The molecule has 2 atom stereocenters. The number of benzene rings is 1. The fraction of sp³-hybridized carbons (Fsp3) is 0.529. The first-order chi connectivity index (χ1) is 10.2. The minimum atomic E-state index is -0.756. The van der Waals surface area contributed by atoms with E-state index in [9.17, 15) is 9.59 Å². The van der Waals surface area contributed by atoms with E-state index >= 15 is 0 Å². The number of amides is 1. The maximum atomic E-state index is 12.0. The van der Waals surface area contributed by atoms with Crippen LogP contribution in [0, 0.1) is 0 Å². The van der Waals surface area contributed by atoms with Crippen LogP contribution in [0.2, 0.25) is 0 Å². The Morgan fingerprint density at radius 3 is 2.27 bits per heavy atom. The molecule has 1 rings (SSSR count). The van der Waals surface area contributed by atoms with Crippen LogP contribution in [0.3, 0.4) is 0 Å². The second-order valence-corrected chi connectivity index (χ2v) is 6.31. The van der Waals surface area contributed by atoms with Gasteiger partial charge in [-0.05, 0) is 40.2 Å². The average molecular weight is 307 g/mol. The molecule has 0 aromatic heterocycles. The molecule has 22 heavy (non-hydrogen) atoms. The molecule has 0 saturated carbocycles. The molecule has 0 spiro atoms. The number of alkyl carbamates (subject to hydrolysis) is 1. The van der Waals surface area contributed by atoms with Gasteiger partial charge in [-0.15, -0.1) is 0 Å². The molecule has 0 saturated heterocycles. The zero-order valence-corrected chi connectivity index (χ0v) is 13.9. The van der Waals surface area contributed by atoms with Crippen LogP contribution in [-0.4, -0.2) is 29.8 Å². The van der Waals surface area contributed by atoms with E-state index in [1.54, 1.807) is 27.7 Å². The number of esters is 1. The van der Waals surface area contributed by atoms with Gasteiger partial charge in [0.05, 0.1) is 0 Å². The quantitative estimate of drug-likeness (QED) is 0.849. The molecule has 0 heterocycles. The molecule has 5 nitrogen and oxygen atoms in total. The molecule has 0 bridgehead atoms. The Labute approximate surface area is 132 Å². The highest BCUT2D eigenvalue weighted by molar-refractivity contribution is 5.81. The molecule has 5 heteroatoms. The first-order valence-corrected chi connectivity index (χ1v) is 7.41. The van der Waals surface area contributed by atoms with Crippen LogP contribution in [0.4, 0.5) is 4.79 Å². The van der Waals surface area contributed by atoms with E-state index in [1.165, 1.54) is 0 Å². The third-order valence-corrected chi connectivity index (χ3v) is 2.77.